The number of aliphatic imine (C=N–C) groups is 1. The summed E-state index contributed by atoms with van der Waals surface area (Å²) in [5.41, 5.74) is 1.52. The number of hydrogen-bond acceptors (Lipinski definition) is 8. The van der Waals surface area contributed by atoms with E-state index in [4.69, 9.17) is 4.74 Å². The first kappa shape index (κ1) is 18.6. The van der Waals surface area contributed by atoms with Crippen molar-refractivity contribution in [3.8, 4) is 5.75 Å². The highest BCUT2D eigenvalue weighted by Crippen LogP contribution is 2.23. The number of carbonyl (C=O) groups is 2. The maximum Gasteiger partial charge on any atom is 0.306 e. The van der Waals surface area contributed by atoms with Gasteiger partial charge in [0.1, 0.15) is 5.75 Å². The largest absolute Gasteiger partial charge is 0.494 e. The monoisotopic (exact) mass is 371 g/mol. The number of amides is 1. The van der Waals surface area contributed by atoms with Crippen LogP contribution in [-0.2, 0) is 14.3 Å². The number of hydrogen-bond donors (Lipinski definition) is 2. The normalized spacial score (nSPS) is 16.5. The molecule has 1 aliphatic heterocycles. The van der Waals surface area contributed by atoms with Gasteiger partial charge in [0.15, 0.2) is 0 Å². The fraction of sp³-hybridized carbons (Fsp3) is 0.389. The number of ether oxygens (including phenoxy) is 2. The van der Waals surface area contributed by atoms with Gasteiger partial charge in [0, 0.05) is 5.39 Å². The van der Waals surface area contributed by atoms with E-state index in [1.165, 1.54) is 7.11 Å². The highest BCUT2D eigenvalue weighted by atomic mass is 16.5. The quantitative estimate of drug-likeness (QED) is 0.764. The number of nitrogens with one attached hydrogen (secondary N) is 2. The van der Waals surface area contributed by atoms with Crippen LogP contribution in [0.15, 0.2) is 23.2 Å². The number of aromatic nitrogens is 2. The third kappa shape index (κ3) is 4.30. The first-order valence-electron chi connectivity index (χ1n) is 8.60. The zero-order valence-electron chi connectivity index (χ0n) is 15.4. The second-order valence-electron chi connectivity index (χ2n) is 6.03. The smallest absolute Gasteiger partial charge is 0.306 e. The molecule has 0 fully saturated rings. The molecule has 0 spiro atoms. The fourth-order valence-electron chi connectivity index (χ4n) is 2.73. The van der Waals surface area contributed by atoms with E-state index in [0.717, 1.165) is 22.3 Å². The lowest BCUT2D eigenvalue weighted by Gasteiger charge is -2.21. The molecule has 0 saturated heterocycles. The van der Waals surface area contributed by atoms with Gasteiger partial charge in [-0.3, -0.25) is 25.2 Å². The summed E-state index contributed by atoms with van der Waals surface area (Å²) in [5, 5.41) is 6.44. The minimum absolute atomic E-state index is 0.00708. The van der Waals surface area contributed by atoms with Crippen LogP contribution >= 0.6 is 0 Å². The highest BCUT2D eigenvalue weighted by molar-refractivity contribution is 6.06. The van der Waals surface area contributed by atoms with Crippen LogP contribution in [0.25, 0.3) is 10.9 Å². The molecule has 2 heterocycles. The molecule has 142 valence electrons. The Morgan fingerprint density at radius 2 is 2.19 bits per heavy atom. The number of anilines is 1. The van der Waals surface area contributed by atoms with Crippen molar-refractivity contribution >= 4 is 34.7 Å². The molecule has 1 unspecified atom stereocenters. The number of esters is 1. The third-order valence-electron chi connectivity index (χ3n) is 4.12. The van der Waals surface area contributed by atoms with E-state index in [1.54, 1.807) is 0 Å². The number of guanidine groups is 1. The van der Waals surface area contributed by atoms with Gasteiger partial charge in [-0.15, -0.1) is 0 Å². The van der Waals surface area contributed by atoms with E-state index in [1.807, 2.05) is 32.0 Å². The Bertz CT molecular complexity index is 912. The summed E-state index contributed by atoms with van der Waals surface area (Å²) in [5.74, 6) is 0.0658. The van der Waals surface area contributed by atoms with Gasteiger partial charge in [0.25, 0.3) is 0 Å². The van der Waals surface area contributed by atoms with Crippen molar-refractivity contribution in [1.82, 2.24) is 15.3 Å². The molecule has 0 radical (unpaired) electrons. The van der Waals surface area contributed by atoms with Crippen LogP contribution < -0.4 is 15.4 Å². The van der Waals surface area contributed by atoms with Gasteiger partial charge < -0.3 is 9.47 Å². The molecule has 3 rings (SSSR count). The summed E-state index contributed by atoms with van der Waals surface area (Å²) in [6.45, 7) is 4.57. The lowest BCUT2D eigenvalue weighted by atomic mass is 10.0. The molecule has 1 atom stereocenters. The molecular formula is C18H21N5O4. The first-order chi connectivity index (χ1) is 13.0. The van der Waals surface area contributed by atoms with Gasteiger partial charge in [-0.05, 0) is 32.0 Å². The molecule has 9 heteroatoms. The minimum Gasteiger partial charge on any atom is -0.494 e. The number of carbonyl (C=O) groups excluding carboxylic acids is 2. The lowest BCUT2D eigenvalue weighted by Crippen LogP contribution is -2.45. The minimum atomic E-state index is -0.542. The van der Waals surface area contributed by atoms with E-state index in [-0.39, 0.29) is 24.8 Å². The Balaban J connectivity index is 1.76. The van der Waals surface area contributed by atoms with Crippen molar-refractivity contribution in [1.29, 1.82) is 0 Å². The number of benzene rings is 1. The van der Waals surface area contributed by atoms with Crippen LogP contribution in [0.2, 0.25) is 0 Å². The zero-order chi connectivity index (χ0) is 19.4. The van der Waals surface area contributed by atoms with E-state index >= 15 is 0 Å². The lowest BCUT2D eigenvalue weighted by molar-refractivity contribution is -0.143. The summed E-state index contributed by atoms with van der Waals surface area (Å²) in [4.78, 5) is 36.6. The van der Waals surface area contributed by atoms with E-state index < -0.39 is 11.9 Å². The van der Waals surface area contributed by atoms with Crippen molar-refractivity contribution in [3.05, 3.63) is 23.9 Å². The Kier molecular flexibility index (Phi) is 5.49. The Morgan fingerprint density at radius 1 is 1.37 bits per heavy atom. The van der Waals surface area contributed by atoms with Crippen molar-refractivity contribution in [2.75, 3.05) is 25.6 Å². The van der Waals surface area contributed by atoms with Crippen LogP contribution in [-0.4, -0.2) is 48.1 Å². The standard InChI is InChI=1S/C18H21N5O4/c1-4-27-12-5-6-14-13(8-12)10(2)20-18(21-14)23-17-19-9-11(16(25)22-17)7-15(24)26-3/h5-6,8,11H,4,7,9H2,1-3H3,(H2,19,20,21,22,23,25). The van der Waals surface area contributed by atoms with Crippen LogP contribution in [0.5, 0.6) is 5.75 Å². The molecular weight excluding hydrogens is 350 g/mol. The van der Waals surface area contributed by atoms with Gasteiger partial charge in [0.2, 0.25) is 17.8 Å². The van der Waals surface area contributed by atoms with Crippen molar-refractivity contribution in [3.63, 3.8) is 0 Å². The molecule has 1 amide bonds. The van der Waals surface area contributed by atoms with Crippen LogP contribution in [0, 0.1) is 12.8 Å². The molecule has 0 aliphatic carbocycles. The van der Waals surface area contributed by atoms with Crippen molar-refractivity contribution in [2.45, 2.75) is 20.3 Å². The molecule has 0 bridgehead atoms. The maximum atomic E-state index is 12.1. The Morgan fingerprint density at radius 3 is 2.89 bits per heavy atom. The summed E-state index contributed by atoms with van der Waals surface area (Å²) in [6, 6.07) is 5.60. The van der Waals surface area contributed by atoms with Crippen LogP contribution in [0.1, 0.15) is 19.0 Å². The maximum absolute atomic E-state index is 12.1. The number of rotatable bonds is 5. The summed E-state index contributed by atoms with van der Waals surface area (Å²) in [7, 11) is 1.29. The Labute approximate surface area is 156 Å². The second kappa shape index (κ2) is 7.98. The number of nitrogens with zero attached hydrogens (tertiary/aromatic N) is 3. The second-order valence-corrected chi connectivity index (χ2v) is 6.03. The van der Waals surface area contributed by atoms with Crippen LogP contribution in [0.3, 0.4) is 0 Å². The molecule has 1 aromatic carbocycles. The van der Waals surface area contributed by atoms with Gasteiger partial charge in [0.05, 0.1) is 43.8 Å². The van der Waals surface area contributed by atoms with E-state index in [2.05, 4.69) is 30.3 Å². The number of aryl methyl sites for hydroxylation is 1. The SMILES string of the molecule is CCOc1ccc2nc(NC3=NCC(CC(=O)OC)C(=O)N3)nc(C)c2c1. The highest BCUT2D eigenvalue weighted by Gasteiger charge is 2.27. The average Bonchev–Trinajstić information content (AvgIpc) is 2.64. The predicted molar refractivity (Wildman–Crippen MR) is 99.6 cm³/mol. The summed E-state index contributed by atoms with van der Waals surface area (Å²) < 4.78 is 10.1. The molecule has 9 nitrogen and oxygen atoms in total. The van der Waals surface area contributed by atoms with Gasteiger partial charge in [-0.25, -0.2) is 9.97 Å². The van der Waals surface area contributed by atoms with Crippen molar-refractivity contribution in [2.24, 2.45) is 10.9 Å². The van der Waals surface area contributed by atoms with Crippen molar-refractivity contribution < 1.29 is 19.1 Å². The third-order valence-corrected chi connectivity index (χ3v) is 4.12. The molecule has 2 N–H and O–H groups in total. The zero-order valence-corrected chi connectivity index (χ0v) is 15.4. The summed E-state index contributed by atoms with van der Waals surface area (Å²) >= 11 is 0. The number of methoxy groups -OCH3 is 1. The van der Waals surface area contributed by atoms with Gasteiger partial charge in [-0.2, -0.15) is 0 Å². The molecule has 27 heavy (non-hydrogen) atoms. The van der Waals surface area contributed by atoms with E-state index in [0.29, 0.717) is 12.6 Å². The molecule has 2 aromatic rings. The average molecular weight is 371 g/mol. The molecule has 0 saturated carbocycles. The summed E-state index contributed by atoms with van der Waals surface area (Å²) in [6.07, 6.45) is -0.00708. The van der Waals surface area contributed by atoms with Gasteiger partial charge >= 0.3 is 5.97 Å². The molecule has 1 aliphatic rings. The fourth-order valence-corrected chi connectivity index (χ4v) is 2.73. The van der Waals surface area contributed by atoms with E-state index in [9.17, 15) is 9.59 Å². The number of fused-ring (bicyclic) bond motifs is 1. The molecule has 1 aromatic heterocycles. The van der Waals surface area contributed by atoms with Gasteiger partial charge in [-0.1, -0.05) is 0 Å². The predicted octanol–water partition coefficient (Wildman–Crippen LogP) is 1.41. The first-order valence-corrected chi connectivity index (χ1v) is 8.60. The topological polar surface area (TPSA) is 115 Å². The van der Waals surface area contributed by atoms with Crippen LogP contribution in [0.4, 0.5) is 5.95 Å². The Hall–Kier alpha value is -3.23.